The van der Waals surface area contributed by atoms with Crippen molar-refractivity contribution in [2.45, 2.75) is 52.4 Å². The molecule has 0 atom stereocenters. The highest BCUT2D eigenvalue weighted by Crippen LogP contribution is 2.40. The maximum atomic E-state index is 4.98. The zero-order valence-electron chi connectivity index (χ0n) is 23.3. The van der Waals surface area contributed by atoms with E-state index in [0.29, 0.717) is 11.8 Å². The number of aromatic amines is 2. The van der Waals surface area contributed by atoms with Crippen molar-refractivity contribution < 1.29 is 0 Å². The van der Waals surface area contributed by atoms with E-state index >= 15 is 0 Å². The molecule has 0 saturated heterocycles. The van der Waals surface area contributed by atoms with E-state index in [1.807, 2.05) is 12.3 Å². The first-order chi connectivity index (χ1) is 19.5. The van der Waals surface area contributed by atoms with Crippen molar-refractivity contribution in [3.63, 3.8) is 0 Å². The predicted octanol–water partition coefficient (Wildman–Crippen LogP) is 8.82. The third kappa shape index (κ3) is 3.37. The Hall–Kier alpha value is -4.51. The van der Waals surface area contributed by atoms with Crippen LogP contribution in [0.25, 0.3) is 66.0 Å². The van der Waals surface area contributed by atoms with Crippen molar-refractivity contribution >= 4 is 43.7 Å². The van der Waals surface area contributed by atoms with Crippen LogP contribution in [-0.2, 0) is 12.8 Å². The highest BCUT2D eigenvalue weighted by atomic mass is 14.9. The number of aryl methyl sites for hydroxylation is 2. The molecule has 0 amide bonds. The minimum absolute atomic E-state index is 0.329. The van der Waals surface area contributed by atoms with Crippen LogP contribution in [0.2, 0.25) is 0 Å². The lowest BCUT2D eigenvalue weighted by atomic mass is 9.83. The molecule has 40 heavy (non-hydrogen) atoms. The molecule has 0 aliphatic heterocycles. The summed E-state index contributed by atoms with van der Waals surface area (Å²) in [4.78, 5) is 21.9. The number of fused-ring (bicyclic) bond motifs is 11. The van der Waals surface area contributed by atoms with Gasteiger partial charge in [0, 0.05) is 34.2 Å². The number of hydrogen-bond acceptors (Lipinski definition) is 3. The van der Waals surface area contributed by atoms with Gasteiger partial charge in [0.15, 0.2) is 0 Å². The topological polar surface area (TPSA) is 70.2 Å². The number of pyridine rings is 1. The smallest absolute Gasteiger partial charge is 0.109 e. The lowest BCUT2D eigenvalue weighted by molar-refractivity contribution is 0.798. The van der Waals surface area contributed by atoms with Crippen molar-refractivity contribution in [2.24, 2.45) is 0 Å². The van der Waals surface area contributed by atoms with E-state index in [2.05, 4.69) is 92.3 Å². The lowest BCUT2D eigenvalue weighted by Crippen LogP contribution is -2.05. The van der Waals surface area contributed by atoms with E-state index < -0.39 is 0 Å². The number of hydrogen-bond donors (Lipinski definition) is 2. The van der Waals surface area contributed by atoms with Crippen molar-refractivity contribution in [3.05, 3.63) is 89.6 Å². The molecule has 4 aromatic carbocycles. The van der Waals surface area contributed by atoms with Gasteiger partial charge in [0.2, 0.25) is 0 Å². The number of rotatable bonds is 3. The molecule has 8 rings (SSSR count). The molecule has 5 nitrogen and oxygen atoms in total. The quantitative estimate of drug-likeness (QED) is 0.228. The molecular weight excluding hydrogens is 490 g/mol. The van der Waals surface area contributed by atoms with Crippen molar-refractivity contribution in [2.75, 3.05) is 0 Å². The van der Waals surface area contributed by atoms with Crippen LogP contribution >= 0.6 is 0 Å². The Kier molecular flexibility index (Phi) is 4.96. The van der Waals surface area contributed by atoms with E-state index in [9.17, 15) is 0 Å². The Bertz CT molecular complexity index is 2130. The average Bonchev–Trinajstić information content (AvgIpc) is 3.63. The Balaban J connectivity index is 1.27. The summed E-state index contributed by atoms with van der Waals surface area (Å²) in [7, 11) is 0. The van der Waals surface area contributed by atoms with Crippen molar-refractivity contribution in [3.8, 4) is 22.3 Å². The van der Waals surface area contributed by atoms with Crippen molar-refractivity contribution in [1.82, 2.24) is 24.9 Å². The molecule has 5 heteroatoms. The molecule has 2 N–H and O–H groups in total. The predicted molar refractivity (Wildman–Crippen MR) is 165 cm³/mol. The highest BCUT2D eigenvalue weighted by Gasteiger charge is 2.22. The van der Waals surface area contributed by atoms with Gasteiger partial charge in [-0.05, 0) is 70.5 Å². The third-order valence-electron chi connectivity index (χ3n) is 8.57. The average molecular weight is 522 g/mol. The number of nitrogens with one attached hydrogen (secondary N) is 2. The molecule has 0 unspecified atom stereocenters. The number of imidazole rings is 2. The normalized spacial score (nSPS) is 13.2. The summed E-state index contributed by atoms with van der Waals surface area (Å²) in [6, 6.07) is 22.3. The zero-order valence-corrected chi connectivity index (χ0v) is 23.3. The first kappa shape index (κ1) is 23.4. The largest absolute Gasteiger partial charge is 0.342 e. The summed E-state index contributed by atoms with van der Waals surface area (Å²) in [5.74, 6) is 2.79. The van der Waals surface area contributed by atoms with E-state index in [0.717, 1.165) is 62.8 Å². The summed E-state index contributed by atoms with van der Waals surface area (Å²) in [5, 5.41) is 3.42. The van der Waals surface area contributed by atoms with Crippen LogP contribution in [0.1, 0.15) is 62.3 Å². The minimum Gasteiger partial charge on any atom is -0.342 e. The first-order valence-corrected chi connectivity index (χ1v) is 14.3. The fourth-order valence-corrected chi connectivity index (χ4v) is 6.44. The molecule has 3 aromatic heterocycles. The number of aromatic nitrogens is 5. The SMILES string of the molecule is CC(C)c1nc2c3c(ccc2[nH]1)-c1ccc(-c2ccc4c(c2)c2ncccc2c2nc(C(C)C)[nH]c42)cc1CC3. The van der Waals surface area contributed by atoms with Gasteiger partial charge in [-0.1, -0.05) is 64.1 Å². The standard InChI is InChI=1S/C35H31N5/c1-18(2)34-37-29-14-13-24-23-10-7-20(16-22(23)9-12-25(24)31(29)38-34)21-8-11-26-28(17-21)30-27(6-5-15-36-30)33-32(26)39-35(40-33)19(3)4/h5-8,10-11,13-19H,9,12H2,1-4H3,(H,37,38)(H,39,40). The number of benzene rings is 4. The molecule has 1 aliphatic rings. The molecule has 1 aliphatic carbocycles. The van der Waals surface area contributed by atoms with Crippen LogP contribution in [0.15, 0.2) is 66.9 Å². The van der Waals surface area contributed by atoms with E-state index in [4.69, 9.17) is 15.0 Å². The van der Waals surface area contributed by atoms with E-state index in [-0.39, 0.29) is 0 Å². The molecular formula is C35H31N5. The number of H-pyrrole nitrogens is 2. The summed E-state index contributed by atoms with van der Waals surface area (Å²) >= 11 is 0. The molecule has 0 bridgehead atoms. The van der Waals surface area contributed by atoms with Gasteiger partial charge in [-0.2, -0.15) is 0 Å². The third-order valence-corrected chi connectivity index (χ3v) is 8.57. The fourth-order valence-electron chi connectivity index (χ4n) is 6.44. The molecule has 0 spiro atoms. The van der Waals surface area contributed by atoms with Gasteiger partial charge < -0.3 is 9.97 Å². The Morgan fingerprint density at radius 1 is 0.650 bits per heavy atom. The summed E-state index contributed by atoms with van der Waals surface area (Å²) in [6.45, 7) is 8.72. The van der Waals surface area contributed by atoms with Gasteiger partial charge >= 0.3 is 0 Å². The lowest BCUT2D eigenvalue weighted by Gasteiger charge is -2.21. The maximum absolute atomic E-state index is 4.98. The Morgan fingerprint density at radius 3 is 2.25 bits per heavy atom. The first-order valence-electron chi connectivity index (χ1n) is 14.3. The van der Waals surface area contributed by atoms with Crippen LogP contribution in [0.4, 0.5) is 0 Å². The van der Waals surface area contributed by atoms with E-state index in [1.165, 1.54) is 38.8 Å². The Morgan fingerprint density at radius 2 is 1.40 bits per heavy atom. The van der Waals surface area contributed by atoms with Gasteiger partial charge in [0.05, 0.1) is 27.6 Å². The zero-order chi connectivity index (χ0) is 27.1. The summed E-state index contributed by atoms with van der Waals surface area (Å²) in [6.07, 6.45) is 3.91. The van der Waals surface area contributed by atoms with Crippen LogP contribution in [0.3, 0.4) is 0 Å². The van der Waals surface area contributed by atoms with Gasteiger partial charge in [-0.15, -0.1) is 0 Å². The van der Waals surface area contributed by atoms with Crippen LogP contribution in [0.5, 0.6) is 0 Å². The number of nitrogens with zero attached hydrogens (tertiary/aromatic N) is 3. The Labute approximate surface area is 232 Å². The molecule has 0 saturated carbocycles. The molecule has 0 radical (unpaired) electrons. The molecule has 0 fully saturated rings. The summed E-state index contributed by atoms with van der Waals surface area (Å²) < 4.78 is 0. The van der Waals surface area contributed by atoms with Gasteiger partial charge in [0.25, 0.3) is 0 Å². The monoisotopic (exact) mass is 521 g/mol. The molecule has 196 valence electrons. The van der Waals surface area contributed by atoms with Gasteiger partial charge in [-0.25, -0.2) is 9.97 Å². The molecule has 3 heterocycles. The van der Waals surface area contributed by atoms with Crippen LogP contribution < -0.4 is 0 Å². The molecule has 7 aromatic rings. The second-order valence-corrected chi connectivity index (χ2v) is 11.8. The second-order valence-electron chi connectivity index (χ2n) is 11.8. The van der Waals surface area contributed by atoms with Crippen LogP contribution in [-0.4, -0.2) is 24.9 Å². The van der Waals surface area contributed by atoms with E-state index in [1.54, 1.807) is 0 Å². The second kappa shape index (κ2) is 8.49. The maximum Gasteiger partial charge on any atom is 0.109 e. The van der Waals surface area contributed by atoms with Crippen LogP contribution in [0, 0.1) is 0 Å². The highest BCUT2D eigenvalue weighted by molar-refractivity contribution is 6.22. The van der Waals surface area contributed by atoms with Gasteiger partial charge in [-0.3, -0.25) is 4.98 Å². The van der Waals surface area contributed by atoms with Crippen molar-refractivity contribution in [1.29, 1.82) is 0 Å². The van der Waals surface area contributed by atoms with Gasteiger partial charge in [0.1, 0.15) is 11.6 Å². The minimum atomic E-state index is 0.329. The fraction of sp³-hybridized carbons (Fsp3) is 0.229. The summed E-state index contributed by atoms with van der Waals surface area (Å²) in [5.41, 5.74) is 13.2.